The molecule has 2 nitrogen and oxygen atoms in total. The Kier molecular flexibility index (Phi) is 11.7. The Morgan fingerprint density at radius 3 is 1.27 bits per heavy atom. The average Bonchev–Trinajstić information content (AvgIpc) is 3.01. The highest BCUT2D eigenvalue weighted by molar-refractivity contribution is 8.03. The summed E-state index contributed by atoms with van der Waals surface area (Å²) in [6.45, 7) is 17.8. The fourth-order valence-corrected chi connectivity index (χ4v) is 9.89. The molecular formula is C44H56O2S2. The minimum absolute atomic E-state index is 0.0239. The number of aryl methyl sites for hydroxylation is 2. The molecule has 4 aromatic carbocycles. The zero-order chi connectivity index (χ0) is 34.6. The highest BCUT2D eigenvalue weighted by Crippen LogP contribution is 2.45. The SMILES string of the molecule is Cc1ccccc1-c1cc(C(C)(C)C)cc(CSC2CCCCCC[C@@H]2SCc2cc(C(C)(C)C)cc(-c3ccccc3C)c2O)c1O. The molecule has 48 heavy (non-hydrogen) atoms. The zero-order valence-electron chi connectivity index (χ0n) is 30.5. The molecule has 2 atom stereocenters. The number of rotatable bonds is 8. The molecule has 0 saturated heterocycles. The van der Waals surface area contributed by atoms with Gasteiger partial charge in [0.25, 0.3) is 0 Å². The van der Waals surface area contributed by atoms with Crippen LogP contribution >= 0.6 is 23.5 Å². The van der Waals surface area contributed by atoms with Crippen molar-refractivity contribution in [3.8, 4) is 33.8 Å². The molecule has 5 rings (SSSR count). The number of aromatic hydroxyl groups is 2. The van der Waals surface area contributed by atoms with Crippen LogP contribution in [0.15, 0.2) is 72.8 Å². The average molecular weight is 681 g/mol. The lowest BCUT2D eigenvalue weighted by molar-refractivity contribution is 0.470. The Balaban J connectivity index is 1.43. The van der Waals surface area contributed by atoms with Gasteiger partial charge in [0.2, 0.25) is 0 Å². The first-order valence-electron chi connectivity index (χ1n) is 17.8. The lowest BCUT2D eigenvalue weighted by atomic mass is 9.83. The molecule has 4 heteroatoms. The summed E-state index contributed by atoms with van der Waals surface area (Å²) >= 11 is 4.06. The van der Waals surface area contributed by atoms with Gasteiger partial charge in [0.15, 0.2) is 0 Å². The van der Waals surface area contributed by atoms with Crippen LogP contribution in [0.25, 0.3) is 22.3 Å². The molecule has 0 amide bonds. The third-order valence-electron chi connectivity index (χ3n) is 10.0. The standard InChI is InChI=1S/C44H56O2S2/c1-29-17-13-15-19-35(29)37-25-33(43(3,4)5)23-31(41(37)45)27-47-39-21-11-9-10-12-22-40(39)48-28-32-24-34(44(6,7)8)26-38(42(32)46)36-20-16-14-18-30(36)2/h13-20,23-26,39-40,45-46H,9-12,21-22,27-28H2,1-8H3/t39-,40?/m0/s1. The van der Waals surface area contributed by atoms with E-state index in [0.717, 1.165) is 44.9 Å². The first-order chi connectivity index (χ1) is 22.7. The van der Waals surface area contributed by atoms with E-state index in [1.807, 2.05) is 23.5 Å². The maximum Gasteiger partial charge on any atom is 0.127 e. The van der Waals surface area contributed by atoms with Gasteiger partial charge in [-0.25, -0.2) is 0 Å². The van der Waals surface area contributed by atoms with Gasteiger partial charge in [0.05, 0.1) is 0 Å². The number of phenols is 2. The molecule has 1 aliphatic rings. The molecule has 4 aromatic rings. The van der Waals surface area contributed by atoms with Crippen LogP contribution in [0.1, 0.15) is 113 Å². The Bertz CT molecular complexity index is 1580. The van der Waals surface area contributed by atoms with Crippen LogP contribution in [-0.2, 0) is 22.3 Å². The molecular weight excluding hydrogens is 625 g/mol. The second kappa shape index (κ2) is 15.4. The smallest absolute Gasteiger partial charge is 0.127 e. The van der Waals surface area contributed by atoms with Crippen molar-refractivity contribution in [1.29, 1.82) is 0 Å². The molecule has 1 unspecified atom stereocenters. The molecule has 0 aliphatic heterocycles. The largest absolute Gasteiger partial charge is 0.507 e. The molecule has 256 valence electrons. The first kappa shape index (κ1) is 36.5. The Hall–Kier alpha value is -2.82. The van der Waals surface area contributed by atoms with E-state index < -0.39 is 0 Å². The molecule has 0 aromatic heterocycles. The van der Waals surface area contributed by atoms with Crippen molar-refractivity contribution in [3.05, 3.63) is 106 Å². The van der Waals surface area contributed by atoms with Gasteiger partial charge in [-0.1, -0.05) is 128 Å². The van der Waals surface area contributed by atoms with Crippen molar-refractivity contribution in [2.75, 3.05) is 0 Å². The van der Waals surface area contributed by atoms with E-state index in [0.29, 0.717) is 22.0 Å². The monoisotopic (exact) mass is 680 g/mol. The van der Waals surface area contributed by atoms with E-state index in [1.54, 1.807) is 0 Å². The van der Waals surface area contributed by atoms with Gasteiger partial charge in [0, 0.05) is 44.3 Å². The summed E-state index contributed by atoms with van der Waals surface area (Å²) in [6, 6.07) is 25.7. The van der Waals surface area contributed by atoms with Crippen molar-refractivity contribution in [2.45, 2.75) is 127 Å². The number of thioether (sulfide) groups is 2. The number of hydrogen-bond acceptors (Lipinski definition) is 4. The summed E-state index contributed by atoms with van der Waals surface area (Å²) in [6.07, 6.45) is 7.47. The van der Waals surface area contributed by atoms with Crippen molar-refractivity contribution < 1.29 is 10.2 Å². The topological polar surface area (TPSA) is 40.5 Å². The van der Waals surface area contributed by atoms with Gasteiger partial charge in [-0.15, -0.1) is 0 Å². The van der Waals surface area contributed by atoms with E-state index in [2.05, 4.69) is 128 Å². The van der Waals surface area contributed by atoms with Gasteiger partial charge in [-0.2, -0.15) is 23.5 Å². The van der Waals surface area contributed by atoms with Crippen LogP contribution in [0, 0.1) is 13.8 Å². The van der Waals surface area contributed by atoms with E-state index in [1.165, 1.54) is 60.8 Å². The number of benzene rings is 4. The van der Waals surface area contributed by atoms with Crippen LogP contribution in [0.4, 0.5) is 0 Å². The lowest BCUT2D eigenvalue weighted by Gasteiger charge is -2.30. The summed E-state index contributed by atoms with van der Waals surface area (Å²) in [7, 11) is 0. The second-order valence-corrected chi connectivity index (χ2v) is 18.3. The number of hydrogen-bond donors (Lipinski definition) is 2. The van der Waals surface area contributed by atoms with E-state index in [4.69, 9.17) is 0 Å². The molecule has 1 fully saturated rings. The lowest BCUT2D eigenvalue weighted by Crippen LogP contribution is -2.22. The second-order valence-electron chi connectivity index (χ2n) is 15.9. The van der Waals surface area contributed by atoms with E-state index in [9.17, 15) is 10.2 Å². The Morgan fingerprint density at radius 1 is 0.542 bits per heavy atom. The van der Waals surface area contributed by atoms with Gasteiger partial charge in [0.1, 0.15) is 11.5 Å². The summed E-state index contributed by atoms with van der Waals surface area (Å²) in [5, 5.41) is 24.4. The molecule has 2 N–H and O–H groups in total. The fraction of sp³-hybridized carbons (Fsp3) is 0.455. The summed E-state index contributed by atoms with van der Waals surface area (Å²) in [5.41, 5.74) is 11.0. The van der Waals surface area contributed by atoms with Crippen LogP contribution in [0.3, 0.4) is 0 Å². The van der Waals surface area contributed by atoms with Crippen molar-refractivity contribution >= 4 is 23.5 Å². The normalized spacial score (nSPS) is 17.6. The van der Waals surface area contributed by atoms with Gasteiger partial charge in [-0.05, 0) is 83.0 Å². The minimum Gasteiger partial charge on any atom is -0.507 e. The van der Waals surface area contributed by atoms with Crippen molar-refractivity contribution in [2.24, 2.45) is 0 Å². The fourth-order valence-electron chi connectivity index (χ4n) is 6.83. The zero-order valence-corrected chi connectivity index (χ0v) is 32.1. The molecule has 1 aliphatic carbocycles. The Labute approximate surface area is 299 Å². The van der Waals surface area contributed by atoms with Crippen LogP contribution in [-0.4, -0.2) is 20.7 Å². The van der Waals surface area contributed by atoms with Crippen LogP contribution in [0.2, 0.25) is 0 Å². The maximum absolute atomic E-state index is 11.7. The molecule has 0 radical (unpaired) electrons. The van der Waals surface area contributed by atoms with E-state index >= 15 is 0 Å². The Morgan fingerprint density at radius 2 is 0.917 bits per heavy atom. The highest BCUT2D eigenvalue weighted by atomic mass is 32.2. The molecule has 0 spiro atoms. The van der Waals surface area contributed by atoms with Gasteiger partial charge < -0.3 is 10.2 Å². The third kappa shape index (κ3) is 8.66. The van der Waals surface area contributed by atoms with E-state index in [-0.39, 0.29) is 10.8 Å². The minimum atomic E-state index is -0.0239. The van der Waals surface area contributed by atoms with Gasteiger partial charge in [-0.3, -0.25) is 0 Å². The third-order valence-corrected chi connectivity index (χ3v) is 13.1. The predicted molar refractivity (Wildman–Crippen MR) is 212 cm³/mol. The quantitative estimate of drug-likeness (QED) is 0.194. The summed E-state index contributed by atoms with van der Waals surface area (Å²) < 4.78 is 0. The summed E-state index contributed by atoms with van der Waals surface area (Å²) in [5.74, 6) is 2.43. The summed E-state index contributed by atoms with van der Waals surface area (Å²) in [4.78, 5) is 0. The molecule has 1 saturated carbocycles. The van der Waals surface area contributed by atoms with Crippen LogP contribution < -0.4 is 0 Å². The number of phenolic OH excluding ortho intramolecular Hbond substituents is 2. The molecule has 0 heterocycles. The predicted octanol–water partition coefficient (Wildman–Crippen LogP) is 12.9. The van der Waals surface area contributed by atoms with Crippen molar-refractivity contribution in [1.82, 2.24) is 0 Å². The van der Waals surface area contributed by atoms with Gasteiger partial charge >= 0.3 is 0 Å². The highest BCUT2D eigenvalue weighted by Gasteiger charge is 2.27. The van der Waals surface area contributed by atoms with Crippen molar-refractivity contribution in [3.63, 3.8) is 0 Å². The first-order valence-corrected chi connectivity index (χ1v) is 19.9. The molecule has 0 bridgehead atoms. The maximum atomic E-state index is 11.7. The van der Waals surface area contributed by atoms with Crippen LogP contribution in [0.5, 0.6) is 11.5 Å².